The van der Waals surface area contributed by atoms with Crippen LogP contribution in [0.5, 0.6) is 0 Å². The van der Waals surface area contributed by atoms with Crippen molar-refractivity contribution in [2.45, 2.75) is 51.6 Å². The van der Waals surface area contributed by atoms with Gasteiger partial charge in [-0.3, -0.25) is 9.59 Å². The Morgan fingerprint density at radius 1 is 1.27 bits per heavy atom. The summed E-state index contributed by atoms with van der Waals surface area (Å²) in [6.45, 7) is 2.87. The lowest BCUT2D eigenvalue weighted by atomic mass is 10.1. The smallest absolute Gasteiger partial charge is 0.226 e. The molecule has 3 rings (SSSR count). The van der Waals surface area contributed by atoms with Gasteiger partial charge in [-0.1, -0.05) is 36.3 Å². The highest BCUT2D eigenvalue weighted by atomic mass is 16.5. The van der Waals surface area contributed by atoms with Crippen molar-refractivity contribution in [2.75, 3.05) is 7.05 Å². The average Bonchev–Trinajstić information content (AvgIpc) is 3.39. The summed E-state index contributed by atoms with van der Waals surface area (Å²) in [5, 5.41) is 6.89. The Morgan fingerprint density at radius 2 is 2.04 bits per heavy atom. The van der Waals surface area contributed by atoms with E-state index in [0.717, 1.165) is 29.7 Å². The summed E-state index contributed by atoms with van der Waals surface area (Å²) >= 11 is 0. The van der Waals surface area contributed by atoms with Crippen LogP contribution >= 0.6 is 0 Å². The maximum atomic E-state index is 12.1. The highest BCUT2D eigenvalue weighted by Crippen LogP contribution is 2.40. The Morgan fingerprint density at radius 3 is 2.77 bits per heavy atom. The van der Waals surface area contributed by atoms with Crippen molar-refractivity contribution in [3.63, 3.8) is 0 Å². The van der Waals surface area contributed by atoms with E-state index in [0.29, 0.717) is 31.1 Å². The van der Waals surface area contributed by atoms with Gasteiger partial charge in [0.05, 0.1) is 12.1 Å². The van der Waals surface area contributed by atoms with Crippen LogP contribution in [0.1, 0.15) is 54.7 Å². The molecule has 1 N–H and O–H groups in total. The second kappa shape index (κ2) is 8.17. The van der Waals surface area contributed by atoms with E-state index < -0.39 is 0 Å². The Bertz CT molecular complexity index is 780. The molecule has 26 heavy (non-hydrogen) atoms. The predicted octanol–water partition coefficient (Wildman–Crippen LogP) is 2.78. The van der Waals surface area contributed by atoms with Crippen molar-refractivity contribution >= 4 is 11.8 Å². The zero-order chi connectivity index (χ0) is 18.5. The number of aromatic nitrogens is 1. The molecule has 1 aromatic heterocycles. The number of nitrogens with one attached hydrogen (secondary N) is 1. The van der Waals surface area contributed by atoms with Crippen LogP contribution in [0.25, 0.3) is 0 Å². The van der Waals surface area contributed by atoms with Gasteiger partial charge in [0.15, 0.2) is 0 Å². The van der Waals surface area contributed by atoms with Crippen LogP contribution in [-0.4, -0.2) is 28.9 Å². The molecular weight excluding hydrogens is 330 g/mol. The second-order valence-corrected chi connectivity index (χ2v) is 6.87. The Kier molecular flexibility index (Phi) is 5.71. The van der Waals surface area contributed by atoms with E-state index in [4.69, 9.17) is 4.52 Å². The fourth-order valence-corrected chi connectivity index (χ4v) is 2.87. The third-order valence-corrected chi connectivity index (χ3v) is 4.53. The highest BCUT2D eigenvalue weighted by molar-refractivity contribution is 5.78. The van der Waals surface area contributed by atoms with E-state index in [1.807, 2.05) is 37.3 Å². The van der Waals surface area contributed by atoms with Gasteiger partial charge in [0.2, 0.25) is 11.8 Å². The Labute approximate surface area is 153 Å². The van der Waals surface area contributed by atoms with E-state index in [1.54, 1.807) is 11.9 Å². The van der Waals surface area contributed by atoms with E-state index in [1.165, 1.54) is 0 Å². The van der Waals surface area contributed by atoms with Gasteiger partial charge in [0, 0.05) is 38.5 Å². The van der Waals surface area contributed by atoms with Crippen LogP contribution in [0, 0.1) is 0 Å². The lowest BCUT2D eigenvalue weighted by molar-refractivity contribution is -0.130. The summed E-state index contributed by atoms with van der Waals surface area (Å²) in [6, 6.07) is 9.80. The summed E-state index contributed by atoms with van der Waals surface area (Å²) < 4.78 is 5.27. The minimum Gasteiger partial charge on any atom is -0.361 e. The van der Waals surface area contributed by atoms with Crippen molar-refractivity contribution in [1.29, 1.82) is 0 Å². The van der Waals surface area contributed by atoms with Crippen LogP contribution in [0.4, 0.5) is 0 Å². The normalized spacial score (nSPS) is 13.5. The summed E-state index contributed by atoms with van der Waals surface area (Å²) in [5.74, 6) is 1.43. The van der Waals surface area contributed by atoms with E-state index in [-0.39, 0.29) is 18.2 Å². The first-order valence-electron chi connectivity index (χ1n) is 9.09. The molecular formula is C20H25N3O3. The van der Waals surface area contributed by atoms with Crippen LogP contribution in [0.15, 0.2) is 34.9 Å². The number of hydrogen-bond acceptors (Lipinski definition) is 4. The quantitative estimate of drug-likeness (QED) is 0.790. The SMILES string of the molecule is CCC(=O)N(C)Cc1cccc(CNC(=O)Cc2cc(C3CC3)on2)c1. The van der Waals surface area contributed by atoms with Crippen molar-refractivity contribution < 1.29 is 14.1 Å². The molecule has 0 radical (unpaired) electrons. The largest absolute Gasteiger partial charge is 0.361 e. The lowest BCUT2D eigenvalue weighted by Crippen LogP contribution is -2.26. The van der Waals surface area contributed by atoms with Gasteiger partial charge in [0.1, 0.15) is 5.76 Å². The summed E-state index contributed by atoms with van der Waals surface area (Å²) in [7, 11) is 1.80. The molecule has 1 aromatic carbocycles. The molecule has 6 nitrogen and oxygen atoms in total. The molecule has 0 aliphatic heterocycles. The van der Waals surface area contributed by atoms with Gasteiger partial charge in [-0.15, -0.1) is 0 Å². The fraction of sp³-hybridized carbons (Fsp3) is 0.450. The number of carbonyl (C=O) groups excluding carboxylic acids is 2. The number of benzene rings is 1. The predicted molar refractivity (Wildman–Crippen MR) is 97.2 cm³/mol. The molecule has 0 unspecified atom stereocenters. The maximum absolute atomic E-state index is 12.1. The zero-order valence-corrected chi connectivity index (χ0v) is 15.3. The molecule has 0 spiro atoms. The van der Waals surface area contributed by atoms with Crippen molar-refractivity contribution in [2.24, 2.45) is 0 Å². The first kappa shape index (κ1) is 18.2. The van der Waals surface area contributed by atoms with Gasteiger partial charge in [-0.05, 0) is 24.0 Å². The van der Waals surface area contributed by atoms with E-state index >= 15 is 0 Å². The van der Waals surface area contributed by atoms with E-state index in [9.17, 15) is 9.59 Å². The average molecular weight is 355 g/mol. The standard InChI is InChI=1S/C20H25N3O3/c1-3-20(25)23(2)13-15-6-4-5-14(9-15)12-21-19(24)11-17-10-18(26-22-17)16-7-8-16/h4-6,9-10,16H,3,7-8,11-13H2,1-2H3,(H,21,24). The number of amides is 2. The topological polar surface area (TPSA) is 75.4 Å². The first-order valence-corrected chi connectivity index (χ1v) is 9.09. The van der Waals surface area contributed by atoms with Gasteiger partial charge in [-0.25, -0.2) is 0 Å². The van der Waals surface area contributed by atoms with Crippen LogP contribution in [0.2, 0.25) is 0 Å². The van der Waals surface area contributed by atoms with Gasteiger partial charge in [0.25, 0.3) is 0 Å². The third kappa shape index (κ3) is 4.94. The van der Waals surface area contributed by atoms with Crippen molar-refractivity contribution in [1.82, 2.24) is 15.4 Å². The number of rotatable bonds is 8. The first-order chi connectivity index (χ1) is 12.5. The van der Waals surface area contributed by atoms with Crippen LogP contribution in [-0.2, 0) is 29.1 Å². The minimum atomic E-state index is -0.0793. The van der Waals surface area contributed by atoms with Crippen molar-refractivity contribution in [3.05, 3.63) is 52.9 Å². The van der Waals surface area contributed by atoms with Gasteiger partial charge >= 0.3 is 0 Å². The minimum absolute atomic E-state index is 0.0793. The molecule has 0 saturated heterocycles. The van der Waals surface area contributed by atoms with Crippen LogP contribution in [0.3, 0.4) is 0 Å². The fourth-order valence-electron chi connectivity index (χ4n) is 2.87. The maximum Gasteiger partial charge on any atom is 0.226 e. The Hall–Kier alpha value is -2.63. The van der Waals surface area contributed by atoms with Gasteiger partial charge in [-0.2, -0.15) is 0 Å². The zero-order valence-electron chi connectivity index (χ0n) is 15.3. The number of carbonyl (C=O) groups is 2. The Balaban J connectivity index is 1.49. The molecule has 1 fully saturated rings. The van der Waals surface area contributed by atoms with Crippen LogP contribution < -0.4 is 5.32 Å². The summed E-state index contributed by atoms with van der Waals surface area (Å²) in [6.07, 6.45) is 3.02. The monoisotopic (exact) mass is 355 g/mol. The van der Waals surface area contributed by atoms with Gasteiger partial charge < -0.3 is 14.7 Å². The lowest BCUT2D eigenvalue weighted by Gasteiger charge is -2.17. The van der Waals surface area contributed by atoms with E-state index in [2.05, 4.69) is 10.5 Å². The van der Waals surface area contributed by atoms with Crippen molar-refractivity contribution in [3.8, 4) is 0 Å². The number of nitrogens with zero attached hydrogens (tertiary/aromatic N) is 2. The second-order valence-electron chi connectivity index (χ2n) is 6.87. The summed E-state index contributed by atoms with van der Waals surface area (Å²) in [4.78, 5) is 25.5. The molecule has 1 aliphatic carbocycles. The molecule has 1 aliphatic rings. The summed E-state index contributed by atoms with van der Waals surface area (Å²) in [5.41, 5.74) is 2.73. The molecule has 1 heterocycles. The molecule has 2 amide bonds. The number of hydrogen-bond donors (Lipinski definition) is 1. The molecule has 138 valence electrons. The highest BCUT2D eigenvalue weighted by Gasteiger charge is 2.28. The molecule has 1 saturated carbocycles. The third-order valence-electron chi connectivity index (χ3n) is 4.53. The molecule has 0 atom stereocenters. The molecule has 6 heteroatoms. The molecule has 0 bridgehead atoms. The molecule has 2 aromatic rings.